The van der Waals surface area contributed by atoms with Crippen molar-refractivity contribution in [2.24, 2.45) is 17.6 Å². The number of nitrogens with zero attached hydrogens (tertiary/aromatic N) is 3. The Labute approximate surface area is 110 Å². The van der Waals surface area contributed by atoms with Crippen LogP contribution in [0.25, 0.3) is 0 Å². The maximum Gasteiger partial charge on any atom is 0.133 e. The van der Waals surface area contributed by atoms with E-state index in [-0.39, 0.29) is 0 Å². The van der Waals surface area contributed by atoms with Gasteiger partial charge in [0.2, 0.25) is 0 Å². The molecule has 2 N–H and O–H groups in total. The number of hydrogen-bond acceptors (Lipinski definition) is 3. The molecule has 0 aliphatic carbocycles. The average molecular weight is 250 g/mol. The van der Waals surface area contributed by atoms with Crippen molar-refractivity contribution in [3.05, 3.63) is 11.6 Å². The quantitative estimate of drug-likeness (QED) is 0.842. The van der Waals surface area contributed by atoms with Crippen molar-refractivity contribution in [1.82, 2.24) is 14.8 Å². The van der Waals surface area contributed by atoms with Crippen LogP contribution in [-0.2, 0) is 19.4 Å². The summed E-state index contributed by atoms with van der Waals surface area (Å²) in [4.78, 5) is 0. The van der Waals surface area contributed by atoms with Gasteiger partial charge in [-0.1, -0.05) is 13.8 Å². The monoisotopic (exact) mass is 250 g/mol. The average Bonchev–Trinajstić information content (AvgIpc) is 2.77. The van der Waals surface area contributed by atoms with Crippen LogP contribution in [0.1, 0.15) is 51.2 Å². The third-order valence-corrected chi connectivity index (χ3v) is 4.16. The standard InChI is InChI=1S/C14H26N4/c1-11(2)12(8-9-15)6-7-14-17-16-13-5-3-4-10-18(13)14/h11-12H,3-10,15H2,1-2H3. The van der Waals surface area contributed by atoms with Gasteiger partial charge in [0.1, 0.15) is 11.6 Å². The summed E-state index contributed by atoms with van der Waals surface area (Å²) in [6.45, 7) is 6.49. The zero-order chi connectivity index (χ0) is 13.0. The van der Waals surface area contributed by atoms with Crippen LogP contribution in [0.15, 0.2) is 0 Å². The highest BCUT2D eigenvalue weighted by atomic mass is 15.3. The maximum absolute atomic E-state index is 5.69. The van der Waals surface area contributed by atoms with Crippen LogP contribution in [0, 0.1) is 11.8 Å². The first-order valence-corrected chi connectivity index (χ1v) is 7.33. The number of fused-ring (bicyclic) bond motifs is 1. The lowest BCUT2D eigenvalue weighted by atomic mass is 9.88. The first-order chi connectivity index (χ1) is 8.72. The molecule has 0 saturated heterocycles. The molecule has 0 fully saturated rings. The van der Waals surface area contributed by atoms with Gasteiger partial charge in [-0.25, -0.2) is 0 Å². The second-order valence-corrected chi connectivity index (χ2v) is 5.76. The highest BCUT2D eigenvalue weighted by Gasteiger charge is 2.18. The molecule has 4 heteroatoms. The molecular weight excluding hydrogens is 224 g/mol. The molecule has 0 radical (unpaired) electrons. The molecule has 0 aromatic carbocycles. The van der Waals surface area contributed by atoms with Crippen LogP contribution in [-0.4, -0.2) is 21.3 Å². The molecule has 1 aliphatic rings. The molecule has 2 heterocycles. The number of aryl methyl sites for hydroxylation is 2. The van der Waals surface area contributed by atoms with Gasteiger partial charge in [-0.2, -0.15) is 0 Å². The third kappa shape index (κ3) is 3.10. The fraction of sp³-hybridized carbons (Fsp3) is 0.857. The second kappa shape index (κ2) is 6.32. The van der Waals surface area contributed by atoms with E-state index < -0.39 is 0 Å². The molecule has 1 atom stereocenters. The molecule has 1 unspecified atom stereocenters. The van der Waals surface area contributed by atoms with Gasteiger partial charge in [0, 0.05) is 19.4 Å². The molecule has 2 rings (SSSR count). The topological polar surface area (TPSA) is 56.7 Å². The normalized spacial score (nSPS) is 16.9. The van der Waals surface area contributed by atoms with Crippen molar-refractivity contribution in [2.75, 3.05) is 6.54 Å². The van der Waals surface area contributed by atoms with Crippen LogP contribution in [0.4, 0.5) is 0 Å². The molecule has 1 aromatic rings. The lowest BCUT2D eigenvalue weighted by molar-refractivity contribution is 0.336. The zero-order valence-corrected chi connectivity index (χ0v) is 11.7. The summed E-state index contributed by atoms with van der Waals surface area (Å²) in [5, 5.41) is 8.68. The van der Waals surface area contributed by atoms with E-state index in [1.54, 1.807) is 0 Å². The van der Waals surface area contributed by atoms with E-state index in [0.717, 1.165) is 32.4 Å². The largest absolute Gasteiger partial charge is 0.330 e. The number of aromatic nitrogens is 3. The Hall–Kier alpha value is -0.900. The second-order valence-electron chi connectivity index (χ2n) is 5.76. The molecule has 1 aromatic heterocycles. The predicted molar refractivity (Wildman–Crippen MR) is 73.3 cm³/mol. The summed E-state index contributed by atoms with van der Waals surface area (Å²) < 4.78 is 2.34. The van der Waals surface area contributed by atoms with Crippen molar-refractivity contribution in [2.45, 2.75) is 58.9 Å². The Morgan fingerprint density at radius 2 is 2.06 bits per heavy atom. The summed E-state index contributed by atoms with van der Waals surface area (Å²) in [6, 6.07) is 0. The Kier molecular flexibility index (Phi) is 4.75. The van der Waals surface area contributed by atoms with Gasteiger partial charge >= 0.3 is 0 Å². The maximum atomic E-state index is 5.69. The molecule has 0 bridgehead atoms. The van der Waals surface area contributed by atoms with E-state index in [0.29, 0.717) is 11.8 Å². The molecule has 0 amide bonds. The van der Waals surface area contributed by atoms with Crippen LogP contribution in [0.2, 0.25) is 0 Å². The Morgan fingerprint density at radius 1 is 1.22 bits per heavy atom. The molecule has 4 nitrogen and oxygen atoms in total. The van der Waals surface area contributed by atoms with E-state index in [1.165, 1.54) is 30.9 Å². The first kappa shape index (κ1) is 13.5. The number of hydrogen-bond donors (Lipinski definition) is 1. The van der Waals surface area contributed by atoms with Crippen molar-refractivity contribution < 1.29 is 0 Å². The SMILES string of the molecule is CC(C)C(CCN)CCc1nnc2n1CCCC2. The molecule has 0 spiro atoms. The van der Waals surface area contributed by atoms with Gasteiger partial charge in [-0.3, -0.25) is 0 Å². The lowest BCUT2D eigenvalue weighted by Gasteiger charge is -2.20. The highest BCUT2D eigenvalue weighted by molar-refractivity contribution is 4.99. The van der Waals surface area contributed by atoms with Gasteiger partial charge in [0.25, 0.3) is 0 Å². The van der Waals surface area contributed by atoms with Crippen molar-refractivity contribution in [1.29, 1.82) is 0 Å². The van der Waals surface area contributed by atoms with E-state index in [1.807, 2.05) is 0 Å². The van der Waals surface area contributed by atoms with E-state index in [4.69, 9.17) is 5.73 Å². The zero-order valence-electron chi connectivity index (χ0n) is 11.7. The lowest BCUT2D eigenvalue weighted by Crippen LogP contribution is -2.17. The van der Waals surface area contributed by atoms with Crippen LogP contribution >= 0.6 is 0 Å². The summed E-state index contributed by atoms with van der Waals surface area (Å²) in [5.74, 6) is 3.80. The van der Waals surface area contributed by atoms with Gasteiger partial charge in [-0.15, -0.1) is 10.2 Å². The number of rotatable bonds is 6. The van der Waals surface area contributed by atoms with Crippen LogP contribution in [0.3, 0.4) is 0 Å². The third-order valence-electron chi connectivity index (χ3n) is 4.16. The molecule has 1 aliphatic heterocycles. The minimum absolute atomic E-state index is 0.706. The minimum atomic E-state index is 0.706. The fourth-order valence-electron chi connectivity index (χ4n) is 2.89. The van der Waals surface area contributed by atoms with E-state index in [9.17, 15) is 0 Å². The predicted octanol–water partition coefficient (Wildman–Crippen LogP) is 2.17. The van der Waals surface area contributed by atoms with E-state index >= 15 is 0 Å². The van der Waals surface area contributed by atoms with Gasteiger partial charge < -0.3 is 10.3 Å². The molecule has 0 saturated carbocycles. The van der Waals surface area contributed by atoms with Gasteiger partial charge in [0.15, 0.2) is 0 Å². The summed E-state index contributed by atoms with van der Waals surface area (Å²) in [7, 11) is 0. The summed E-state index contributed by atoms with van der Waals surface area (Å²) >= 11 is 0. The summed E-state index contributed by atoms with van der Waals surface area (Å²) in [6.07, 6.45) is 7.00. The molecule has 18 heavy (non-hydrogen) atoms. The Balaban J connectivity index is 1.95. The van der Waals surface area contributed by atoms with E-state index in [2.05, 4.69) is 28.6 Å². The fourth-order valence-corrected chi connectivity index (χ4v) is 2.89. The minimum Gasteiger partial charge on any atom is -0.330 e. The number of nitrogens with two attached hydrogens (primary N) is 1. The Morgan fingerprint density at radius 3 is 2.78 bits per heavy atom. The van der Waals surface area contributed by atoms with Crippen molar-refractivity contribution >= 4 is 0 Å². The highest BCUT2D eigenvalue weighted by Crippen LogP contribution is 2.22. The van der Waals surface area contributed by atoms with Gasteiger partial charge in [0.05, 0.1) is 0 Å². The van der Waals surface area contributed by atoms with Gasteiger partial charge in [-0.05, 0) is 44.1 Å². The van der Waals surface area contributed by atoms with Crippen molar-refractivity contribution in [3.8, 4) is 0 Å². The van der Waals surface area contributed by atoms with Crippen molar-refractivity contribution in [3.63, 3.8) is 0 Å². The first-order valence-electron chi connectivity index (χ1n) is 7.33. The molecular formula is C14H26N4. The Bertz CT molecular complexity index is 370. The smallest absolute Gasteiger partial charge is 0.133 e. The molecule has 102 valence electrons. The van der Waals surface area contributed by atoms with Crippen LogP contribution < -0.4 is 5.73 Å². The summed E-state index contributed by atoms with van der Waals surface area (Å²) in [5.41, 5.74) is 5.69. The van der Waals surface area contributed by atoms with Crippen LogP contribution in [0.5, 0.6) is 0 Å².